The summed E-state index contributed by atoms with van der Waals surface area (Å²) in [5, 5.41) is 2.14. The van der Waals surface area contributed by atoms with Gasteiger partial charge < -0.3 is 10.5 Å². The zero-order chi connectivity index (χ0) is 13.8. The van der Waals surface area contributed by atoms with Crippen LogP contribution in [0, 0.1) is 0 Å². The molecule has 0 aliphatic heterocycles. The molecule has 2 aromatic carbocycles. The van der Waals surface area contributed by atoms with E-state index in [1.807, 2.05) is 54.6 Å². The second kappa shape index (κ2) is 5.72. The Morgan fingerprint density at radius 2 is 1.75 bits per heavy atom. The molecule has 0 aliphatic carbocycles. The molecular weight excluding hydrogens is 248 g/mol. The number of aromatic nitrogens is 1. The van der Waals surface area contributed by atoms with Gasteiger partial charge in [0.1, 0.15) is 5.75 Å². The minimum absolute atomic E-state index is 0.634. The third-order valence-electron chi connectivity index (χ3n) is 3.21. The van der Waals surface area contributed by atoms with Crippen LogP contribution in [0.2, 0.25) is 0 Å². The fourth-order valence-corrected chi connectivity index (χ4v) is 2.18. The van der Waals surface area contributed by atoms with E-state index in [4.69, 9.17) is 10.5 Å². The lowest BCUT2D eigenvalue weighted by Gasteiger charge is -2.08. The van der Waals surface area contributed by atoms with Crippen molar-refractivity contribution in [2.24, 2.45) is 5.73 Å². The van der Waals surface area contributed by atoms with Crippen LogP contribution in [0.25, 0.3) is 10.8 Å². The summed E-state index contributed by atoms with van der Waals surface area (Å²) < 4.78 is 5.88. The Bertz CT molecular complexity index is 702. The third-order valence-corrected chi connectivity index (χ3v) is 3.21. The van der Waals surface area contributed by atoms with Crippen molar-refractivity contribution in [1.29, 1.82) is 0 Å². The van der Waals surface area contributed by atoms with Crippen LogP contribution in [-0.4, -0.2) is 11.5 Å². The molecule has 3 nitrogen and oxygen atoms in total. The third kappa shape index (κ3) is 2.63. The second-order valence-electron chi connectivity index (χ2n) is 4.62. The largest absolute Gasteiger partial charge is 0.438 e. The zero-order valence-electron chi connectivity index (χ0n) is 11.1. The van der Waals surface area contributed by atoms with Crippen molar-refractivity contribution in [1.82, 2.24) is 4.98 Å². The number of hydrogen-bond acceptors (Lipinski definition) is 3. The van der Waals surface area contributed by atoms with Crippen LogP contribution < -0.4 is 10.5 Å². The lowest BCUT2D eigenvalue weighted by atomic mass is 10.1. The summed E-state index contributed by atoms with van der Waals surface area (Å²) in [6, 6.07) is 18.0. The number of fused-ring (bicyclic) bond motifs is 1. The van der Waals surface area contributed by atoms with E-state index in [9.17, 15) is 0 Å². The van der Waals surface area contributed by atoms with Crippen molar-refractivity contribution in [3.8, 4) is 11.6 Å². The first-order chi connectivity index (χ1) is 9.86. The van der Waals surface area contributed by atoms with Crippen LogP contribution in [0.5, 0.6) is 11.6 Å². The number of benzene rings is 2. The first-order valence-electron chi connectivity index (χ1n) is 6.67. The number of pyridine rings is 1. The molecule has 1 heterocycles. The van der Waals surface area contributed by atoms with E-state index in [1.54, 1.807) is 6.20 Å². The smallest absolute Gasteiger partial charge is 0.227 e. The lowest BCUT2D eigenvalue weighted by molar-refractivity contribution is 0.469. The van der Waals surface area contributed by atoms with Crippen molar-refractivity contribution in [3.05, 3.63) is 66.4 Å². The first-order valence-corrected chi connectivity index (χ1v) is 6.67. The van der Waals surface area contributed by atoms with Gasteiger partial charge in [-0.2, -0.15) is 0 Å². The molecule has 0 atom stereocenters. The molecule has 0 amide bonds. The highest BCUT2D eigenvalue weighted by molar-refractivity contribution is 5.86. The summed E-state index contributed by atoms with van der Waals surface area (Å²) >= 11 is 0. The molecule has 3 rings (SSSR count). The van der Waals surface area contributed by atoms with E-state index in [2.05, 4.69) is 4.98 Å². The molecule has 1 aromatic heterocycles. The van der Waals surface area contributed by atoms with Crippen LogP contribution >= 0.6 is 0 Å². The van der Waals surface area contributed by atoms with Crippen molar-refractivity contribution in [3.63, 3.8) is 0 Å². The SMILES string of the molecule is NCCc1ccc(Oc2nccc3ccccc23)cc1. The van der Waals surface area contributed by atoms with Crippen LogP contribution in [0.4, 0.5) is 0 Å². The van der Waals surface area contributed by atoms with Gasteiger partial charge in [-0.15, -0.1) is 0 Å². The molecule has 0 unspecified atom stereocenters. The summed E-state index contributed by atoms with van der Waals surface area (Å²) in [5.74, 6) is 1.42. The Morgan fingerprint density at radius 1 is 0.950 bits per heavy atom. The zero-order valence-corrected chi connectivity index (χ0v) is 11.1. The van der Waals surface area contributed by atoms with Gasteiger partial charge in [-0.05, 0) is 48.2 Å². The van der Waals surface area contributed by atoms with Gasteiger partial charge in [-0.1, -0.05) is 30.3 Å². The summed E-state index contributed by atoms with van der Waals surface area (Å²) in [5.41, 5.74) is 6.76. The molecule has 0 radical (unpaired) electrons. The first kappa shape index (κ1) is 12.6. The van der Waals surface area contributed by atoms with Crippen LogP contribution in [-0.2, 0) is 6.42 Å². The van der Waals surface area contributed by atoms with Crippen molar-refractivity contribution in [2.75, 3.05) is 6.54 Å². The van der Waals surface area contributed by atoms with Gasteiger partial charge in [-0.3, -0.25) is 0 Å². The van der Waals surface area contributed by atoms with Crippen molar-refractivity contribution in [2.45, 2.75) is 6.42 Å². The van der Waals surface area contributed by atoms with Gasteiger partial charge in [0.25, 0.3) is 0 Å². The molecule has 3 heteroatoms. The van der Waals surface area contributed by atoms with Gasteiger partial charge in [0.2, 0.25) is 5.88 Å². The van der Waals surface area contributed by atoms with Crippen molar-refractivity contribution >= 4 is 10.8 Å². The average molecular weight is 264 g/mol. The Hall–Kier alpha value is -2.39. The molecule has 0 saturated carbocycles. The Morgan fingerprint density at radius 3 is 2.55 bits per heavy atom. The number of nitrogens with two attached hydrogens (primary N) is 1. The quantitative estimate of drug-likeness (QED) is 0.784. The molecule has 3 aromatic rings. The highest BCUT2D eigenvalue weighted by Crippen LogP contribution is 2.27. The number of ether oxygens (including phenoxy) is 1. The summed E-state index contributed by atoms with van der Waals surface area (Å²) in [6.07, 6.45) is 2.65. The van der Waals surface area contributed by atoms with Gasteiger partial charge in [-0.25, -0.2) is 4.98 Å². The molecular formula is C17H16N2O. The topological polar surface area (TPSA) is 48.1 Å². The van der Waals surface area contributed by atoms with E-state index in [0.717, 1.165) is 22.9 Å². The Kier molecular flexibility index (Phi) is 3.61. The molecule has 0 saturated heterocycles. The molecule has 20 heavy (non-hydrogen) atoms. The molecule has 0 spiro atoms. The van der Waals surface area contributed by atoms with E-state index < -0.39 is 0 Å². The monoisotopic (exact) mass is 264 g/mol. The average Bonchev–Trinajstić information content (AvgIpc) is 2.50. The number of rotatable bonds is 4. The number of nitrogens with zero attached hydrogens (tertiary/aromatic N) is 1. The fraction of sp³-hybridized carbons (Fsp3) is 0.118. The maximum absolute atomic E-state index is 5.88. The van der Waals surface area contributed by atoms with Crippen LogP contribution in [0.1, 0.15) is 5.56 Å². The minimum Gasteiger partial charge on any atom is -0.438 e. The highest BCUT2D eigenvalue weighted by Gasteiger charge is 2.04. The van der Waals surface area contributed by atoms with Crippen LogP contribution in [0.3, 0.4) is 0 Å². The molecule has 0 bridgehead atoms. The summed E-state index contributed by atoms with van der Waals surface area (Å²) in [7, 11) is 0. The molecule has 100 valence electrons. The van der Waals surface area contributed by atoms with Gasteiger partial charge in [0, 0.05) is 11.6 Å². The Balaban J connectivity index is 1.89. The molecule has 0 aliphatic rings. The van der Waals surface area contributed by atoms with Gasteiger partial charge >= 0.3 is 0 Å². The maximum Gasteiger partial charge on any atom is 0.227 e. The lowest BCUT2D eigenvalue weighted by Crippen LogP contribution is -2.02. The van der Waals surface area contributed by atoms with Gasteiger partial charge in [0.15, 0.2) is 0 Å². The minimum atomic E-state index is 0.634. The second-order valence-corrected chi connectivity index (χ2v) is 4.62. The predicted octanol–water partition coefficient (Wildman–Crippen LogP) is 3.53. The van der Waals surface area contributed by atoms with E-state index >= 15 is 0 Å². The summed E-state index contributed by atoms with van der Waals surface area (Å²) in [6.45, 7) is 0.658. The molecule has 0 fully saturated rings. The fourth-order valence-electron chi connectivity index (χ4n) is 2.18. The summed E-state index contributed by atoms with van der Waals surface area (Å²) in [4.78, 5) is 4.32. The van der Waals surface area contributed by atoms with Crippen LogP contribution in [0.15, 0.2) is 60.8 Å². The highest BCUT2D eigenvalue weighted by atomic mass is 16.5. The predicted molar refractivity (Wildman–Crippen MR) is 81.0 cm³/mol. The van der Waals surface area contributed by atoms with E-state index in [1.165, 1.54) is 5.56 Å². The van der Waals surface area contributed by atoms with Gasteiger partial charge in [0.05, 0.1) is 0 Å². The van der Waals surface area contributed by atoms with E-state index in [0.29, 0.717) is 12.4 Å². The number of hydrogen-bond donors (Lipinski definition) is 1. The van der Waals surface area contributed by atoms with E-state index in [-0.39, 0.29) is 0 Å². The standard InChI is InChI=1S/C17H16N2O/c18-11-9-13-5-7-15(8-6-13)20-17-16-4-2-1-3-14(16)10-12-19-17/h1-8,10,12H,9,11,18H2. The molecule has 2 N–H and O–H groups in total. The maximum atomic E-state index is 5.88. The van der Waals surface area contributed by atoms with Crippen molar-refractivity contribution < 1.29 is 4.74 Å². The Labute approximate surface area is 118 Å². The normalized spacial score (nSPS) is 10.7.